The molecule has 24 heavy (non-hydrogen) atoms. The van der Waals surface area contributed by atoms with Crippen LogP contribution in [0.3, 0.4) is 0 Å². The third-order valence-electron chi connectivity index (χ3n) is 3.85. The second-order valence-electron chi connectivity index (χ2n) is 5.66. The van der Waals surface area contributed by atoms with Gasteiger partial charge in [-0.15, -0.1) is 11.3 Å². The quantitative estimate of drug-likeness (QED) is 0.620. The van der Waals surface area contributed by atoms with Gasteiger partial charge in [0.1, 0.15) is 6.10 Å². The summed E-state index contributed by atoms with van der Waals surface area (Å²) >= 11 is 1.60. The van der Waals surface area contributed by atoms with Crippen LogP contribution in [-0.2, 0) is 4.74 Å². The summed E-state index contributed by atoms with van der Waals surface area (Å²) in [6.45, 7) is 12.0. The van der Waals surface area contributed by atoms with E-state index in [4.69, 9.17) is 4.74 Å². The minimum Gasteiger partial charge on any atom is -0.446 e. The standard InChI is InChI=1S/C12H21NO2.C3H3NS.2C2H6/c1-10-7-8-13(9-10)12(14)15-11-5-3-2-4-6-11;1-2-5-3-4-1;2*1-2/h10-11H,2-9H2,1H3;1-3H;2*1-2H3. The highest BCUT2D eigenvalue weighted by Gasteiger charge is 2.26. The van der Waals surface area contributed by atoms with Gasteiger partial charge in [0.05, 0.1) is 5.51 Å². The molecule has 0 N–H and O–H groups in total. The molecule has 1 unspecified atom stereocenters. The fourth-order valence-electron chi connectivity index (χ4n) is 2.68. The Morgan fingerprint density at radius 1 is 1.12 bits per heavy atom. The topological polar surface area (TPSA) is 42.4 Å². The first kappa shape index (κ1) is 22.9. The van der Waals surface area contributed by atoms with Gasteiger partial charge in [0.15, 0.2) is 0 Å². The third kappa shape index (κ3) is 9.91. The monoisotopic (exact) mass is 356 g/mol. The van der Waals surface area contributed by atoms with Crippen molar-refractivity contribution in [1.82, 2.24) is 9.88 Å². The van der Waals surface area contributed by atoms with Gasteiger partial charge in [-0.2, -0.15) is 0 Å². The van der Waals surface area contributed by atoms with Gasteiger partial charge in [-0.05, 0) is 38.0 Å². The molecule has 140 valence electrons. The molecular weight excluding hydrogens is 320 g/mol. The van der Waals surface area contributed by atoms with Crippen LogP contribution in [0.5, 0.6) is 0 Å². The van der Waals surface area contributed by atoms with Crippen LogP contribution in [0.2, 0.25) is 0 Å². The van der Waals surface area contributed by atoms with Crippen molar-refractivity contribution in [3.63, 3.8) is 0 Å². The Bertz CT molecular complexity index is 362. The normalized spacial score (nSPS) is 19.7. The van der Waals surface area contributed by atoms with E-state index in [1.165, 1.54) is 19.3 Å². The fourth-order valence-corrected chi connectivity index (χ4v) is 3.03. The van der Waals surface area contributed by atoms with E-state index in [1.54, 1.807) is 23.0 Å². The van der Waals surface area contributed by atoms with Gasteiger partial charge in [-0.1, -0.05) is 41.0 Å². The first-order valence-corrected chi connectivity index (χ1v) is 10.5. The highest BCUT2D eigenvalue weighted by molar-refractivity contribution is 7.07. The Kier molecular flexibility index (Phi) is 14.7. The number of nitrogens with zero attached hydrogens (tertiary/aromatic N) is 2. The highest BCUT2D eigenvalue weighted by atomic mass is 32.1. The SMILES string of the molecule is CC.CC.CC1CCN(C(=O)OC2CCCCC2)C1.c1cscn1. The van der Waals surface area contributed by atoms with Gasteiger partial charge in [0, 0.05) is 24.7 Å². The number of thiazole rings is 1. The molecule has 1 aromatic heterocycles. The van der Waals surface area contributed by atoms with Crippen molar-refractivity contribution < 1.29 is 9.53 Å². The Hall–Kier alpha value is -1.10. The van der Waals surface area contributed by atoms with Gasteiger partial charge in [0.25, 0.3) is 0 Å². The number of ether oxygens (including phenoxy) is 1. The van der Waals surface area contributed by atoms with Crippen molar-refractivity contribution >= 4 is 17.4 Å². The van der Waals surface area contributed by atoms with E-state index in [1.807, 2.05) is 38.0 Å². The lowest BCUT2D eigenvalue weighted by atomic mass is 9.98. The second-order valence-corrected chi connectivity index (χ2v) is 6.41. The lowest BCUT2D eigenvalue weighted by molar-refractivity contribution is 0.0502. The number of hydrogen-bond acceptors (Lipinski definition) is 4. The summed E-state index contributed by atoms with van der Waals surface area (Å²) in [5.74, 6) is 0.643. The molecule has 3 rings (SSSR count). The lowest BCUT2D eigenvalue weighted by Crippen LogP contribution is -2.33. The van der Waals surface area contributed by atoms with E-state index in [-0.39, 0.29) is 12.2 Å². The number of rotatable bonds is 1. The number of aromatic nitrogens is 1. The lowest BCUT2D eigenvalue weighted by Gasteiger charge is -2.24. The van der Waals surface area contributed by atoms with E-state index in [0.29, 0.717) is 5.92 Å². The zero-order valence-electron chi connectivity index (χ0n) is 16.2. The van der Waals surface area contributed by atoms with Gasteiger partial charge in [0.2, 0.25) is 0 Å². The molecule has 0 bridgehead atoms. The molecule has 2 heterocycles. The molecular formula is C19H36N2O2S. The van der Waals surface area contributed by atoms with Crippen LogP contribution in [0.15, 0.2) is 17.1 Å². The van der Waals surface area contributed by atoms with Crippen molar-refractivity contribution in [1.29, 1.82) is 0 Å². The summed E-state index contributed by atoms with van der Waals surface area (Å²) < 4.78 is 5.51. The molecule has 2 fully saturated rings. The Morgan fingerprint density at radius 2 is 1.79 bits per heavy atom. The summed E-state index contributed by atoms with van der Waals surface area (Å²) in [6.07, 6.45) is 8.88. The maximum atomic E-state index is 11.8. The molecule has 1 atom stereocenters. The number of likely N-dealkylation sites (tertiary alicyclic amines) is 1. The molecule has 1 aliphatic heterocycles. The molecule has 1 amide bonds. The van der Waals surface area contributed by atoms with Gasteiger partial charge in [-0.25, -0.2) is 4.79 Å². The molecule has 0 radical (unpaired) electrons. The van der Waals surface area contributed by atoms with Crippen molar-refractivity contribution in [3.05, 3.63) is 17.1 Å². The average molecular weight is 357 g/mol. The molecule has 1 aromatic rings. The molecule has 2 aliphatic rings. The zero-order valence-corrected chi connectivity index (χ0v) is 17.0. The van der Waals surface area contributed by atoms with E-state index in [9.17, 15) is 4.79 Å². The van der Waals surface area contributed by atoms with E-state index in [2.05, 4.69) is 11.9 Å². The molecule has 0 aromatic carbocycles. The van der Waals surface area contributed by atoms with Gasteiger partial charge in [-0.3, -0.25) is 4.98 Å². The number of carbonyl (C=O) groups excluding carboxylic acids is 1. The molecule has 0 spiro atoms. The summed E-state index contributed by atoms with van der Waals surface area (Å²) in [5.41, 5.74) is 1.79. The molecule has 1 aliphatic carbocycles. The molecule has 4 nitrogen and oxygen atoms in total. The smallest absolute Gasteiger partial charge is 0.410 e. The zero-order chi connectivity index (χ0) is 18.2. The third-order valence-corrected chi connectivity index (χ3v) is 4.37. The predicted octanol–water partition coefficient (Wildman–Crippen LogP) is 5.99. The minimum absolute atomic E-state index is 0.0775. The predicted molar refractivity (Wildman–Crippen MR) is 104 cm³/mol. The van der Waals surface area contributed by atoms with Crippen molar-refractivity contribution in [2.24, 2.45) is 5.92 Å². The molecule has 5 heteroatoms. The minimum atomic E-state index is -0.0775. The summed E-state index contributed by atoms with van der Waals surface area (Å²) in [4.78, 5) is 17.4. The van der Waals surface area contributed by atoms with Gasteiger partial charge < -0.3 is 9.64 Å². The number of carbonyl (C=O) groups is 1. The van der Waals surface area contributed by atoms with Crippen molar-refractivity contribution in [2.45, 2.75) is 79.2 Å². The maximum Gasteiger partial charge on any atom is 0.410 e. The Morgan fingerprint density at radius 3 is 2.21 bits per heavy atom. The summed E-state index contributed by atoms with van der Waals surface area (Å²) in [7, 11) is 0. The number of hydrogen-bond donors (Lipinski definition) is 0. The van der Waals surface area contributed by atoms with E-state index < -0.39 is 0 Å². The first-order valence-electron chi connectivity index (χ1n) is 9.53. The highest BCUT2D eigenvalue weighted by Crippen LogP contribution is 2.22. The number of amides is 1. The van der Waals surface area contributed by atoms with Crippen LogP contribution in [-0.4, -0.2) is 35.2 Å². The summed E-state index contributed by atoms with van der Waals surface area (Å²) in [5, 5.41) is 1.93. The molecule has 1 saturated carbocycles. The Balaban J connectivity index is 0.000000490. The van der Waals surface area contributed by atoms with Crippen LogP contribution >= 0.6 is 11.3 Å². The van der Waals surface area contributed by atoms with Crippen molar-refractivity contribution in [3.8, 4) is 0 Å². The maximum absolute atomic E-state index is 11.8. The fraction of sp³-hybridized carbons (Fsp3) is 0.789. The van der Waals surface area contributed by atoms with Gasteiger partial charge >= 0.3 is 6.09 Å². The second kappa shape index (κ2) is 15.4. The van der Waals surface area contributed by atoms with Crippen LogP contribution < -0.4 is 0 Å². The van der Waals surface area contributed by atoms with Crippen LogP contribution in [0.1, 0.15) is 73.1 Å². The van der Waals surface area contributed by atoms with Crippen LogP contribution in [0.25, 0.3) is 0 Å². The van der Waals surface area contributed by atoms with Crippen molar-refractivity contribution in [2.75, 3.05) is 13.1 Å². The van der Waals surface area contributed by atoms with Crippen LogP contribution in [0, 0.1) is 5.92 Å². The van der Waals surface area contributed by atoms with E-state index in [0.717, 1.165) is 32.4 Å². The van der Waals surface area contributed by atoms with Crippen LogP contribution in [0.4, 0.5) is 4.79 Å². The Labute approximate surface area is 152 Å². The average Bonchev–Trinajstić information content (AvgIpc) is 3.34. The van der Waals surface area contributed by atoms with E-state index >= 15 is 0 Å². The molecule has 1 saturated heterocycles. The first-order chi connectivity index (χ1) is 11.8. The largest absolute Gasteiger partial charge is 0.446 e. The summed E-state index contributed by atoms with van der Waals surface area (Å²) in [6, 6.07) is 0.